The van der Waals surface area contributed by atoms with Crippen molar-refractivity contribution in [2.24, 2.45) is 7.05 Å². The van der Waals surface area contributed by atoms with Gasteiger partial charge in [-0.3, -0.25) is 9.69 Å². The number of nitrogens with zero attached hydrogens (tertiary/aromatic N) is 5. The van der Waals surface area contributed by atoms with Gasteiger partial charge in [0.25, 0.3) is 0 Å². The third-order valence-electron chi connectivity index (χ3n) is 4.47. The minimum Gasteiger partial charge on any atom is -0.340 e. The van der Waals surface area contributed by atoms with Crippen LogP contribution in [0.2, 0.25) is 0 Å². The first-order valence-corrected chi connectivity index (χ1v) is 8.02. The smallest absolute Gasteiger partial charge is 0.227 e. The predicted molar refractivity (Wildman–Crippen MR) is 87.7 cm³/mol. The topological polar surface area (TPSA) is 54.3 Å². The minimum absolute atomic E-state index is 0.213. The van der Waals surface area contributed by atoms with Crippen molar-refractivity contribution >= 4 is 5.91 Å². The number of hydrogen-bond acceptors (Lipinski definition) is 4. The molecule has 1 aromatic heterocycles. The molecule has 0 unspecified atom stereocenters. The number of aromatic nitrogens is 3. The van der Waals surface area contributed by atoms with Crippen LogP contribution in [0, 0.1) is 6.92 Å². The highest BCUT2D eigenvalue weighted by Gasteiger charge is 2.22. The van der Waals surface area contributed by atoms with E-state index in [9.17, 15) is 4.79 Å². The lowest BCUT2D eigenvalue weighted by Gasteiger charge is -2.34. The highest BCUT2D eigenvalue weighted by molar-refractivity contribution is 5.78. The van der Waals surface area contributed by atoms with Crippen LogP contribution in [-0.4, -0.2) is 56.7 Å². The summed E-state index contributed by atoms with van der Waals surface area (Å²) in [6.45, 7) is 6.07. The van der Waals surface area contributed by atoms with E-state index in [0.29, 0.717) is 6.42 Å². The Hall–Kier alpha value is -2.21. The molecule has 0 N–H and O–H groups in total. The van der Waals surface area contributed by atoms with Gasteiger partial charge in [0.2, 0.25) is 5.91 Å². The number of carbonyl (C=O) groups is 1. The summed E-state index contributed by atoms with van der Waals surface area (Å²) in [5.41, 5.74) is 1.08. The van der Waals surface area contributed by atoms with Gasteiger partial charge in [0.1, 0.15) is 11.6 Å². The fourth-order valence-electron chi connectivity index (χ4n) is 2.83. The number of rotatable bonds is 4. The van der Waals surface area contributed by atoms with Crippen LogP contribution in [0.25, 0.3) is 0 Å². The van der Waals surface area contributed by atoms with E-state index in [1.165, 1.54) is 0 Å². The average Bonchev–Trinajstić information content (AvgIpc) is 2.88. The molecule has 23 heavy (non-hydrogen) atoms. The molecule has 1 saturated heterocycles. The van der Waals surface area contributed by atoms with Crippen LogP contribution < -0.4 is 0 Å². The fourth-order valence-corrected chi connectivity index (χ4v) is 2.83. The van der Waals surface area contributed by atoms with Crippen molar-refractivity contribution in [1.82, 2.24) is 24.6 Å². The van der Waals surface area contributed by atoms with E-state index < -0.39 is 0 Å². The number of piperazine rings is 1. The van der Waals surface area contributed by atoms with E-state index in [1.807, 2.05) is 53.8 Å². The molecule has 0 atom stereocenters. The first-order valence-electron chi connectivity index (χ1n) is 8.02. The van der Waals surface area contributed by atoms with Crippen molar-refractivity contribution in [3.8, 4) is 0 Å². The third-order valence-corrected chi connectivity index (χ3v) is 4.47. The van der Waals surface area contributed by atoms with Crippen molar-refractivity contribution in [1.29, 1.82) is 0 Å². The largest absolute Gasteiger partial charge is 0.340 e. The Morgan fingerprint density at radius 3 is 2.39 bits per heavy atom. The molecule has 1 aliphatic rings. The van der Waals surface area contributed by atoms with Gasteiger partial charge >= 0.3 is 0 Å². The Labute approximate surface area is 136 Å². The second kappa shape index (κ2) is 6.91. The third kappa shape index (κ3) is 3.76. The van der Waals surface area contributed by atoms with Crippen LogP contribution in [-0.2, 0) is 24.8 Å². The molecule has 6 nitrogen and oxygen atoms in total. The molecule has 122 valence electrons. The second-order valence-electron chi connectivity index (χ2n) is 6.04. The number of benzene rings is 1. The Morgan fingerprint density at radius 2 is 1.78 bits per heavy atom. The van der Waals surface area contributed by atoms with E-state index in [2.05, 4.69) is 15.1 Å². The Bertz CT molecular complexity index is 659. The molecule has 1 aromatic carbocycles. The van der Waals surface area contributed by atoms with Gasteiger partial charge in [-0.1, -0.05) is 30.3 Å². The quantitative estimate of drug-likeness (QED) is 0.845. The maximum atomic E-state index is 12.4. The van der Waals surface area contributed by atoms with Crippen LogP contribution in [0.4, 0.5) is 0 Å². The van der Waals surface area contributed by atoms with Crippen LogP contribution >= 0.6 is 0 Å². The van der Waals surface area contributed by atoms with Gasteiger partial charge < -0.3 is 9.47 Å². The molecule has 1 aliphatic heterocycles. The van der Waals surface area contributed by atoms with E-state index in [-0.39, 0.29) is 5.91 Å². The molecule has 0 aliphatic carbocycles. The molecule has 2 aromatic rings. The average molecular weight is 313 g/mol. The SMILES string of the molecule is Cc1nnc(CN2CCN(C(=O)Cc3ccccc3)CC2)n1C. The van der Waals surface area contributed by atoms with Gasteiger partial charge in [-0.2, -0.15) is 0 Å². The van der Waals surface area contributed by atoms with Crippen molar-refractivity contribution in [3.63, 3.8) is 0 Å². The molecule has 6 heteroatoms. The lowest BCUT2D eigenvalue weighted by atomic mass is 10.1. The van der Waals surface area contributed by atoms with Crippen molar-refractivity contribution in [3.05, 3.63) is 47.5 Å². The standard InChI is InChI=1S/C17H23N5O/c1-14-18-19-16(20(14)2)13-21-8-10-22(11-9-21)17(23)12-15-6-4-3-5-7-15/h3-7H,8-13H2,1-2H3. The Morgan fingerprint density at radius 1 is 1.09 bits per heavy atom. The maximum absolute atomic E-state index is 12.4. The van der Waals surface area contributed by atoms with Crippen LogP contribution in [0.3, 0.4) is 0 Å². The zero-order chi connectivity index (χ0) is 16.2. The van der Waals surface area contributed by atoms with Gasteiger partial charge in [-0.15, -0.1) is 10.2 Å². The summed E-state index contributed by atoms with van der Waals surface area (Å²) < 4.78 is 2.02. The van der Waals surface area contributed by atoms with Crippen LogP contribution in [0.5, 0.6) is 0 Å². The van der Waals surface area contributed by atoms with Gasteiger partial charge in [-0.25, -0.2) is 0 Å². The lowest BCUT2D eigenvalue weighted by molar-refractivity contribution is -0.132. The van der Waals surface area contributed by atoms with E-state index in [0.717, 1.165) is 49.9 Å². The number of aryl methyl sites for hydroxylation is 1. The van der Waals surface area contributed by atoms with Crippen molar-refractivity contribution < 1.29 is 4.79 Å². The van der Waals surface area contributed by atoms with E-state index >= 15 is 0 Å². The minimum atomic E-state index is 0.213. The highest BCUT2D eigenvalue weighted by atomic mass is 16.2. The van der Waals surface area contributed by atoms with Gasteiger partial charge in [0.05, 0.1) is 13.0 Å². The summed E-state index contributed by atoms with van der Waals surface area (Å²) in [5, 5.41) is 8.30. The molecule has 1 amide bonds. The van der Waals surface area contributed by atoms with Crippen molar-refractivity contribution in [2.45, 2.75) is 19.9 Å². The molecule has 3 rings (SSSR count). The summed E-state index contributed by atoms with van der Waals surface area (Å²) in [6.07, 6.45) is 0.489. The first-order chi connectivity index (χ1) is 11.1. The number of hydrogen-bond donors (Lipinski definition) is 0. The summed E-state index contributed by atoms with van der Waals surface area (Å²) in [4.78, 5) is 16.7. The maximum Gasteiger partial charge on any atom is 0.227 e. The summed E-state index contributed by atoms with van der Waals surface area (Å²) in [5.74, 6) is 2.12. The van der Waals surface area contributed by atoms with Crippen molar-refractivity contribution in [2.75, 3.05) is 26.2 Å². The van der Waals surface area contributed by atoms with Gasteiger partial charge in [0.15, 0.2) is 0 Å². The van der Waals surface area contributed by atoms with Crippen LogP contribution in [0.15, 0.2) is 30.3 Å². The van der Waals surface area contributed by atoms with E-state index in [4.69, 9.17) is 0 Å². The highest BCUT2D eigenvalue weighted by Crippen LogP contribution is 2.09. The van der Waals surface area contributed by atoms with Gasteiger partial charge in [-0.05, 0) is 12.5 Å². The fraction of sp³-hybridized carbons (Fsp3) is 0.471. The Kier molecular flexibility index (Phi) is 4.71. The second-order valence-corrected chi connectivity index (χ2v) is 6.04. The van der Waals surface area contributed by atoms with Gasteiger partial charge in [0, 0.05) is 33.2 Å². The predicted octanol–water partition coefficient (Wildman–Crippen LogP) is 1.01. The molecular formula is C17H23N5O. The monoisotopic (exact) mass is 313 g/mol. The number of carbonyl (C=O) groups excluding carboxylic acids is 1. The summed E-state index contributed by atoms with van der Waals surface area (Å²) in [6, 6.07) is 9.93. The lowest BCUT2D eigenvalue weighted by Crippen LogP contribution is -2.48. The molecule has 1 fully saturated rings. The Balaban J connectivity index is 1.50. The van der Waals surface area contributed by atoms with E-state index in [1.54, 1.807) is 0 Å². The molecule has 0 radical (unpaired) electrons. The molecule has 0 spiro atoms. The zero-order valence-electron chi connectivity index (χ0n) is 13.8. The first kappa shape index (κ1) is 15.7. The summed E-state index contributed by atoms with van der Waals surface area (Å²) in [7, 11) is 1.99. The molecule has 0 bridgehead atoms. The summed E-state index contributed by atoms with van der Waals surface area (Å²) >= 11 is 0. The molecule has 2 heterocycles. The number of amides is 1. The zero-order valence-corrected chi connectivity index (χ0v) is 13.8. The molecule has 0 saturated carbocycles. The molecular weight excluding hydrogens is 290 g/mol. The van der Waals surface area contributed by atoms with Crippen LogP contribution in [0.1, 0.15) is 17.2 Å². The normalized spacial score (nSPS) is 15.8.